The number of H-pyrrole nitrogens is 1. The molecule has 0 saturated carbocycles. The Balaban J connectivity index is 2.57. The molecule has 0 bridgehead atoms. The number of aromatic nitrogens is 2. The van der Waals surface area contributed by atoms with Crippen molar-refractivity contribution in [2.75, 3.05) is 7.05 Å². The molecule has 1 heterocycles. The van der Waals surface area contributed by atoms with Gasteiger partial charge in [0, 0.05) is 17.3 Å². The normalized spacial score (nSPS) is 19.7. The molecule has 1 aromatic rings. The Bertz CT molecular complexity index is 397. The van der Waals surface area contributed by atoms with E-state index >= 15 is 0 Å². The first-order valence-electron chi connectivity index (χ1n) is 5.05. The van der Waals surface area contributed by atoms with Crippen LogP contribution in [0.4, 0.5) is 0 Å². The molecule has 1 aliphatic rings. The topological polar surface area (TPSA) is 57.8 Å². The lowest BCUT2D eigenvalue weighted by Crippen LogP contribution is -2.20. The van der Waals surface area contributed by atoms with Crippen LogP contribution in [0.2, 0.25) is 0 Å². The van der Waals surface area contributed by atoms with Gasteiger partial charge in [0.1, 0.15) is 0 Å². The van der Waals surface area contributed by atoms with Gasteiger partial charge in [-0.1, -0.05) is 6.92 Å². The first-order chi connectivity index (χ1) is 6.76. The zero-order chi connectivity index (χ0) is 10.1. The standard InChI is InChI=1S/C10H15N3O/c1-3-6-9-7(11-2)4-5-8(9)13-10(14)12-6/h7,11H,3-5H2,1-2H3,(H,12,13,14). The van der Waals surface area contributed by atoms with Crippen LogP contribution in [-0.2, 0) is 12.8 Å². The molecule has 2 rings (SSSR count). The second-order valence-corrected chi connectivity index (χ2v) is 3.61. The Kier molecular flexibility index (Phi) is 2.37. The summed E-state index contributed by atoms with van der Waals surface area (Å²) in [6.07, 6.45) is 2.83. The Hall–Kier alpha value is -1.16. The van der Waals surface area contributed by atoms with Crippen molar-refractivity contribution < 1.29 is 0 Å². The van der Waals surface area contributed by atoms with Crippen molar-refractivity contribution in [1.82, 2.24) is 15.3 Å². The van der Waals surface area contributed by atoms with Gasteiger partial charge in [-0.25, -0.2) is 4.79 Å². The van der Waals surface area contributed by atoms with Crippen LogP contribution >= 0.6 is 0 Å². The van der Waals surface area contributed by atoms with Crippen LogP contribution in [0.15, 0.2) is 4.79 Å². The van der Waals surface area contributed by atoms with E-state index in [1.54, 1.807) is 0 Å². The maximum Gasteiger partial charge on any atom is 0.345 e. The molecule has 1 aliphatic carbocycles. The van der Waals surface area contributed by atoms with E-state index in [1.807, 2.05) is 14.0 Å². The SMILES string of the molecule is CCc1nc(=O)[nH]c2c1C(NC)CC2. The van der Waals surface area contributed by atoms with Gasteiger partial charge in [-0.05, 0) is 26.3 Å². The van der Waals surface area contributed by atoms with Crippen molar-refractivity contribution in [3.8, 4) is 0 Å². The van der Waals surface area contributed by atoms with Gasteiger partial charge in [0.05, 0.1) is 5.69 Å². The third-order valence-corrected chi connectivity index (χ3v) is 2.85. The number of hydrogen-bond acceptors (Lipinski definition) is 3. The molecule has 1 atom stereocenters. The lowest BCUT2D eigenvalue weighted by Gasteiger charge is -2.12. The monoisotopic (exact) mass is 193 g/mol. The summed E-state index contributed by atoms with van der Waals surface area (Å²) in [5, 5.41) is 3.25. The van der Waals surface area contributed by atoms with E-state index < -0.39 is 0 Å². The van der Waals surface area contributed by atoms with E-state index in [0.29, 0.717) is 6.04 Å². The summed E-state index contributed by atoms with van der Waals surface area (Å²) in [5.41, 5.74) is 3.02. The molecule has 4 heteroatoms. The van der Waals surface area contributed by atoms with E-state index in [2.05, 4.69) is 15.3 Å². The smallest absolute Gasteiger partial charge is 0.313 e. The van der Waals surface area contributed by atoms with Gasteiger partial charge in [-0.3, -0.25) is 0 Å². The lowest BCUT2D eigenvalue weighted by atomic mass is 10.1. The summed E-state index contributed by atoms with van der Waals surface area (Å²) < 4.78 is 0. The summed E-state index contributed by atoms with van der Waals surface area (Å²) in [5.74, 6) is 0. The van der Waals surface area contributed by atoms with Crippen LogP contribution in [0.5, 0.6) is 0 Å². The second kappa shape index (κ2) is 3.53. The third kappa shape index (κ3) is 1.35. The first kappa shape index (κ1) is 9.40. The Morgan fingerprint density at radius 1 is 1.64 bits per heavy atom. The minimum atomic E-state index is -0.211. The molecule has 0 aromatic carbocycles. The summed E-state index contributed by atoms with van der Waals surface area (Å²) in [7, 11) is 1.95. The number of rotatable bonds is 2. The van der Waals surface area contributed by atoms with Crippen molar-refractivity contribution in [2.45, 2.75) is 32.2 Å². The number of fused-ring (bicyclic) bond motifs is 1. The summed E-state index contributed by atoms with van der Waals surface area (Å²) in [6.45, 7) is 2.03. The van der Waals surface area contributed by atoms with E-state index in [0.717, 1.165) is 30.7 Å². The molecule has 0 aliphatic heterocycles. The minimum absolute atomic E-state index is 0.211. The Labute approximate surface area is 82.8 Å². The second-order valence-electron chi connectivity index (χ2n) is 3.61. The molecule has 0 spiro atoms. The van der Waals surface area contributed by atoms with E-state index in [-0.39, 0.29) is 5.69 Å². The highest BCUT2D eigenvalue weighted by Crippen LogP contribution is 2.30. The molecule has 1 unspecified atom stereocenters. The fraction of sp³-hybridized carbons (Fsp3) is 0.600. The van der Waals surface area contributed by atoms with E-state index in [9.17, 15) is 4.79 Å². The van der Waals surface area contributed by atoms with Crippen LogP contribution in [0.3, 0.4) is 0 Å². The van der Waals surface area contributed by atoms with Crippen molar-refractivity contribution in [3.05, 3.63) is 27.4 Å². The van der Waals surface area contributed by atoms with Crippen molar-refractivity contribution >= 4 is 0 Å². The highest BCUT2D eigenvalue weighted by atomic mass is 16.1. The quantitative estimate of drug-likeness (QED) is 0.720. The van der Waals surface area contributed by atoms with Gasteiger partial charge in [0.2, 0.25) is 0 Å². The Morgan fingerprint density at radius 3 is 3.07 bits per heavy atom. The largest absolute Gasteiger partial charge is 0.345 e. The zero-order valence-electron chi connectivity index (χ0n) is 8.55. The summed E-state index contributed by atoms with van der Waals surface area (Å²) >= 11 is 0. The molecule has 14 heavy (non-hydrogen) atoms. The highest BCUT2D eigenvalue weighted by Gasteiger charge is 2.25. The van der Waals surface area contributed by atoms with Crippen LogP contribution < -0.4 is 11.0 Å². The average Bonchev–Trinajstić information content (AvgIpc) is 2.59. The molecule has 0 radical (unpaired) electrons. The number of aromatic amines is 1. The van der Waals surface area contributed by atoms with Gasteiger partial charge in [-0.15, -0.1) is 0 Å². The zero-order valence-corrected chi connectivity index (χ0v) is 8.55. The molecule has 1 aromatic heterocycles. The van der Waals surface area contributed by atoms with E-state index in [1.165, 1.54) is 5.56 Å². The lowest BCUT2D eigenvalue weighted by molar-refractivity contribution is 0.584. The molecular weight excluding hydrogens is 178 g/mol. The molecule has 4 nitrogen and oxygen atoms in total. The predicted octanol–water partition coefficient (Wildman–Crippen LogP) is 0.539. The molecule has 76 valence electrons. The van der Waals surface area contributed by atoms with E-state index in [4.69, 9.17) is 0 Å². The number of aryl methyl sites for hydroxylation is 2. The Morgan fingerprint density at radius 2 is 2.43 bits per heavy atom. The van der Waals surface area contributed by atoms with Crippen LogP contribution in [0, 0.1) is 0 Å². The van der Waals surface area contributed by atoms with Crippen molar-refractivity contribution in [3.63, 3.8) is 0 Å². The molecular formula is C10H15N3O. The van der Waals surface area contributed by atoms with Crippen molar-refractivity contribution in [2.24, 2.45) is 0 Å². The van der Waals surface area contributed by atoms with Crippen LogP contribution in [0.1, 0.15) is 36.3 Å². The third-order valence-electron chi connectivity index (χ3n) is 2.85. The maximum absolute atomic E-state index is 11.2. The predicted molar refractivity (Wildman–Crippen MR) is 54.4 cm³/mol. The number of hydrogen-bond donors (Lipinski definition) is 2. The van der Waals surface area contributed by atoms with Crippen LogP contribution in [0.25, 0.3) is 0 Å². The van der Waals surface area contributed by atoms with Gasteiger partial charge < -0.3 is 10.3 Å². The van der Waals surface area contributed by atoms with Gasteiger partial charge in [0.25, 0.3) is 0 Å². The maximum atomic E-state index is 11.2. The summed E-state index contributed by atoms with van der Waals surface area (Å²) in [6, 6.07) is 0.365. The molecule has 2 N–H and O–H groups in total. The first-order valence-corrected chi connectivity index (χ1v) is 5.05. The van der Waals surface area contributed by atoms with Crippen LogP contribution in [-0.4, -0.2) is 17.0 Å². The number of nitrogens with one attached hydrogen (secondary N) is 2. The molecule has 0 saturated heterocycles. The fourth-order valence-corrected chi connectivity index (χ4v) is 2.18. The van der Waals surface area contributed by atoms with Crippen molar-refractivity contribution in [1.29, 1.82) is 0 Å². The van der Waals surface area contributed by atoms with Gasteiger partial charge in [0.15, 0.2) is 0 Å². The minimum Gasteiger partial charge on any atom is -0.313 e. The van der Waals surface area contributed by atoms with Gasteiger partial charge >= 0.3 is 5.69 Å². The highest BCUT2D eigenvalue weighted by molar-refractivity contribution is 5.32. The van der Waals surface area contributed by atoms with Gasteiger partial charge in [-0.2, -0.15) is 4.98 Å². The average molecular weight is 193 g/mol. The number of nitrogens with zero attached hydrogens (tertiary/aromatic N) is 1. The fourth-order valence-electron chi connectivity index (χ4n) is 2.18. The molecule has 0 amide bonds. The molecule has 0 fully saturated rings. The summed E-state index contributed by atoms with van der Waals surface area (Å²) in [4.78, 5) is 18.0.